The van der Waals surface area contributed by atoms with Crippen LogP contribution in [0.3, 0.4) is 0 Å². The highest BCUT2D eigenvalue weighted by atomic mass is 32.2. The summed E-state index contributed by atoms with van der Waals surface area (Å²) in [4.78, 5) is 10.2. The van der Waals surface area contributed by atoms with Crippen LogP contribution in [0, 0.1) is 0 Å². The molecule has 0 spiro atoms. The number of ketones is 1. The van der Waals surface area contributed by atoms with Gasteiger partial charge in [0.25, 0.3) is 10.1 Å². The molecule has 0 aromatic heterocycles. The molecule has 0 fully saturated rings. The monoisotopic (exact) mass is 206 g/mol. The summed E-state index contributed by atoms with van der Waals surface area (Å²) in [6.07, 6.45) is -6.57. The number of rotatable bonds is 3. The average molecular weight is 206 g/mol. The molecule has 8 heteroatoms. The first-order chi connectivity index (χ1) is 5.10. The van der Waals surface area contributed by atoms with Gasteiger partial charge in [0.1, 0.15) is 12.2 Å². The van der Waals surface area contributed by atoms with Crippen molar-refractivity contribution in [2.24, 2.45) is 0 Å². The van der Waals surface area contributed by atoms with E-state index >= 15 is 0 Å². The lowest BCUT2D eigenvalue weighted by Crippen LogP contribution is -2.21. The number of halogens is 3. The van der Waals surface area contributed by atoms with E-state index < -0.39 is 34.3 Å². The Labute approximate surface area is 66.1 Å². The Bertz CT molecular complexity index is 265. The number of carbonyl (C=O) groups is 1. The zero-order valence-corrected chi connectivity index (χ0v) is 6.44. The minimum Gasteiger partial charge on any atom is -0.298 e. The SMILES string of the molecule is O=C(CC(F)(F)F)CS(=O)(=O)O. The second-order valence-corrected chi connectivity index (χ2v) is 3.51. The van der Waals surface area contributed by atoms with Gasteiger partial charge in [-0.15, -0.1) is 0 Å². The van der Waals surface area contributed by atoms with Crippen molar-refractivity contribution in [2.45, 2.75) is 12.6 Å². The van der Waals surface area contributed by atoms with Crippen molar-refractivity contribution in [3.8, 4) is 0 Å². The second-order valence-electron chi connectivity index (χ2n) is 2.06. The maximum atomic E-state index is 11.4. The summed E-state index contributed by atoms with van der Waals surface area (Å²) < 4.78 is 61.9. The fourth-order valence-electron chi connectivity index (χ4n) is 0.478. The number of Topliss-reactive ketones (excluding diaryl/α,β-unsaturated/α-hetero) is 1. The van der Waals surface area contributed by atoms with Crippen molar-refractivity contribution in [3.63, 3.8) is 0 Å². The molecule has 0 amide bonds. The third kappa shape index (κ3) is 7.48. The predicted octanol–water partition coefficient (Wildman–Crippen LogP) is 0.396. The van der Waals surface area contributed by atoms with Gasteiger partial charge in [-0.1, -0.05) is 0 Å². The molecule has 1 N–H and O–H groups in total. The summed E-state index contributed by atoms with van der Waals surface area (Å²) in [6, 6.07) is 0. The van der Waals surface area contributed by atoms with Crippen molar-refractivity contribution < 1.29 is 30.9 Å². The molecule has 0 bridgehead atoms. The molecule has 0 rings (SSSR count). The van der Waals surface area contributed by atoms with E-state index in [0.29, 0.717) is 0 Å². The van der Waals surface area contributed by atoms with Crippen molar-refractivity contribution in [1.82, 2.24) is 0 Å². The van der Waals surface area contributed by atoms with Gasteiger partial charge in [0.05, 0.1) is 0 Å². The molecular formula is C4H5F3O4S. The number of carbonyl (C=O) groups excluding carboxylic acids is 1. The van der Waals surface area contributed by atoms with Gasteiger partial charge in [-0.25, -0.2) is 0 Å². The molecular weight excluding hydrogens is 201 g/mol. The van der Waals surface area contributed by atoms with Gasteiger partial charge in [0.15, 0.2) is 5.78 Å². The Morgan fingerprint density at radius 3 is 2.00 bits per heavy atom. The van der Waals surface area contributed by atoms with Crippen molar-refractivity contribution in [1.29, 1.82) is 0 Å². The molecule has 0 atom stereocenters. The van der Waals surface area contributed by atoms with Gasteiger partial charge in [0.2, 0.25) is 0 Å². The molecule has 0 unspecified atom stereocenters. The highest BCUT2D eigenvalue weighted by Crippen LogP contribution is 2.19. The third-order valence-corrected chi connectivity index (χ3v) is 1.43. The van der Waals surface area contributed by atoms with E-state index in [1.165, 1.54) is 0 Å². The zero-order valence-electron chi connectivity index (χ0n) is 5.63. The fourth-order valence-corrected chi connectivity index (χ4v) is 0.987. The molecule has 0 aromatic rings. The van der Waals surface area contributed by atoms with Crippen LogP contribution in [0.15, 0.2) is 0 Å². The first-order valence-corrected chi connectivity index (χ1v) is 4.25. The van der Waals surface area contributed by atoms with E-state index in [1.807, 2.05) is 0 Å². The molecule has 0 aliphatic heterocycles. The van der Waals surface area contributed by atoms with Crippen LogP contribution >= 0.6 is 0 Å². The standard InChI is InChI=1S/C4H5F3O4S/c5-4(6,7)1-3(8)2-12(9,10)11/h1-2H2,(H,9,10,11). The lowest BCUT2D eigenvalue weighted by atomic mass is 10.3. The fraction of sp³-hybridized carbons (Fsp3) is 0.750. The molecule has 0 heterocycles. The molecule has 0 saturated heterocycles. The number of alkyl halides is 3. The molecule has 0 aliphatic rings. The van der Waals surface area contributed by atoms with Crippen LogP contribution in [0.5, 0.6) is 0 Å². The Morgan fingerprint density at radius 1 is 1.33 bits per heavy atom. The molecule has 0 aliphatic carbocycles. The van der Waals surface area contributed by atoms with Gasteiger partial charge in [-0.2, -0.15) is 21.6 Å². The number of hydrogen-bond acceptors (Lipinski definition) is 3. The maximum absolute atomic E-state index is 11.4. The van der Waals surface area contributed by atoms with Crippen LogP contribution in [0.2, 0.25) is 0 Å². The van der Waals surface area contributed by atoms with Gasteiger partial charge in [-0.05, 0) is 0 Å². The van der Waals surface area contributed by atoms with Gasteiger partial charge >= 0.3 is 6.18 Å². The lowest BCUT2D eigenvalue weighted by Gasteiger charge is -2.02. The van der Waals surface area contributed by atoms with Gasteiger partial charge in [-0.3, -0.25) is 9.35 Å². The smallest absolute Gasteiger partial charge is 0.298 e. The molecule has 0 aromatic carbocycles. The predicted molar refractivity (Wildman–Crippen MR) is 32.1 cm³/mol. The second kappa shape index (κ2) is 3.40. The Balaban J connectivity index is 4.10. The first-order valence-electron chi connectivity index (χ1n) is 2.64. The topological polar surface area (TPSA) is 71.4 Å². The lowest BCUT2D eigenvalue weighted by molar-refractivity contribution is -0.150. The Hall–Kier alpha value is -0.630. The Kier molecular flexibility index (Phi) is 3.22. The van der Waals surface area contributed by atoms with Crippen LogP contribution in [0.25, 0.3) is 0 Å². The van der Waals surface area contributed by atoms with E-state index in [1.54, 1.807) is 0 Å². The minimum atomic E-state index is -4.73. The summed E-state index contributed by atoms with van der Waals surface area (Å²) in [7, 11) is -4.65. The molecule has 0 saturated carbocycles. The average Bonchev–Trinajstić information content (AvgIpc) is 1.49. The quantitative estimate of drug-likeness (QED) is 0.678. The van der Waals surface area contributed by atoms with Gasteiger partial charge < -0.3 is 0 Å². The summed E-state index contributed by atoms with van der Waals surface area (Å²) in [5.41, 5.74) is 0. The third-order valence-electron chi connectivity index (χ3n) is 0.741. The Morgan fingerprint density at radius 2 is 1.75 bits per heavy atom. The van der Waals surface area contributed by atoms with Crippen molar-refractivity contribution >= 4 is 15.9 Å². The molecule has 72 valence electrons. The summed E-state index contributed by atoms with van der Waals surface area (Å²) >= 11 is 0. The van der Waals surface area contributed by atoms with Crippen molar-refractivity contribution in [2.75, 3.05) is 5.75 Å². The van der Waals surface area contributed by atoms with Crippen molar-refractivity contribution in [3.05, 3.63) is 0 Å². The maximum Gasteiger partial charge on any atom is 0.395 e. The minimum absolute atomic E-state index is 1.49. The zero-order chi connectivity index (χ0) is 9.99. The summed E-state index contributed by atoms with van der Waals surface area (Å²) in [5.74, 6) is -3.07. The van der Waals surface area contributed by atoms with Crippen LogP contribution < -0.4 is 0 Å². The van der Waals surface area contributed by atoms with Crippen LogP contribution in [0.4, 0.5) is 13.2 Å². The number of hydrogen-bond donors (Lipinski definition) is 1. The van der Waals surface area contributed by atoms with E-state index in [4.69, 9.17) is 4.55 Å². The largest absolute Gasteiger partial charge is 0.395 e. The summed E-state index contributed by atoms with van der Waals surface area (Å²) in [6.45, 7) is 0. The van der Waals surface area contributed by atoms with E-state index in [0.717, 1.165) is 0 Å². The summed E-state index contributed by atoms with van der Waals surface area (Å²) in [5, 5.41) is 0. The van der Waals surface area contributed by atoms with E-state index in [-0.39, 0.29) is 0 Å². The van der Waals surface area contributed by atoms with E-state index in [9.17, 15) is 26.4 Å². The van der Waals surface area contributed by atoms with Gasteiger partial charge in [0, 0.05) is 0 Å². The van der Waals surface area contributed by atoms with Crippen LogP contribution in [0.1, 0.15) is 6.42 Å². The van der Waals surface area contributed by atoms with E-state index in [2.05, 4.69) is 0 Å². The normalized spacial score (nSPS) is 13.0. The first kappa shape index (κ1) is 11.4. The molecule has 4 nitrogen and oxygen atoms in total. The molecule has 0 radical (unpaired) electrons. The molecule has 12 heavy (non-hydrogen) atoms. The van der Waals surface area contributed by atoms with Crippen LogP contribution in [-0.4, -0.2) is 30.7 Å². The highest BCUT2D eigenvalue weighted by molar-refractivity contribution is 7.86. The highest BCUT2D eigenvalue weighted by Gasteiger charge is 2.32. The van der Waals surface area contributed by atoms with Crippen LogP contribution in [-0.2, 0) is 14.9 Å².